The number of aryl methyl sites for hydroxylation is 4. The molecular formula is C48H70BaO6S2. The molecule has 9 heteroatoms. The summed E-state index contributed by atoms with van der Waals surface area (Å²) >= 11 is 0. The first-order valence-electron chi connectivity index (χ1n) is 22.0. The molecule has 0 amide bonds. The van der Waals surface area contributed by atoms with Gasteiger partial charge in [-0.05, 0) is 96.5 Å². The molecule has 0 radical (unpaired) electrons. The predicted octanol–water partition coefficient (Wildman–Crippen LogP) is 13.2. The third-order valence-corrected chi connectivity index (χ3v) is 12.9. The molecule has 0 fully saturated rings. The second-order valence-electron chi connectivity index (χ2n) is 15.7. The van der Waals surface area contributed by atoms with Crippen molar-refractivity contribution in [3.63, 3.8) is 0 Å². The molecule has 0 aliphatic carbocycles. The Labute approximate surface area is 387 Å². The molecule has 4 aromatic rings. The van der Waals surface area contributed by atoms with Gasteiger partial charge in [0.1, 0.15) is 20.2 Å². The van der Waals surface area contributed by atoms with Gasteiger partial charge in [-0.1, -0.05) is 179 Å². The van der Waals surface area contributed by atoms with E-state index in [0.717, 1.165) is 97.2 Å². The molecule has 0 saturated carbocycles. The minimum atomic E-state index is -4.49. The zero-order chi connectivity index (χ0) is 40.8. The molecule has 0 atom stereocenters. The van der Waals surface area contributed by atoms with E-state index < -0.39 is 20.2 Å². The number of hydrogen-bond donors (Lipinski definition) is 0. The first kappa shape index (κ1) is 51.9. The summed E-state index contributed by atoms with van der Waals surface area (Å²) in [6, 6.07) is 18.7. The van der Waals surface area contributed by atoms with Gasteiger partial charge in [0, 0.05) is 10.8 Å². The van der Waals surface area contributed by atoms with Crippen LogP contribution in [0.3, 0.4) is 0 Å². The van der Waals surface area contributed by atoms with Crippen molar-refractivity contribution in [1.82, 2.24) is 0 Å². The molecule has 0 saturated heterocycles. The summed E-state index contributed by atoms with van der Waals surface area (Å²) in [5, 5.41) is 3.22. The number of rotatable bonds is 26. The van der Waals surface area contributed by atoms with Gasteiger partial charge in [0.05, 0.1) is 9.79 Å². The summed E-state index contributed by atoms with van der Waals surface area (Å²) in [4.78, 5) is -0.109. The maximum absolute atomic E-state index is 11.9. The minimum absolute atomic E-state index is 0. The Morgan fingerprint density at radius 3 is 0.912 bits per heavy atom. The van der Waals surface area contributed by atoms with E-state index in [1.807, 2.05) is 12.1 Å². The predicted molar refractivity (Wildman–Crippen MR) is 239 cm³/mol. The van der Waals surface area contributed by atoms with E-state index in [2.05, 4.69) is 52.0 Å². The third kappa shape index (κ3) is 17.7. The fourth-order valence-corrected chi connectivity index (χ4v) is 9.43. The Morgan fingerprint density at radius 2 is 0.632 bits per heavy atom. The van der Waals surface area contributed by atoms with Gasteiger partial charge in [-0.2, -0.15) is 0 Å². The van der Waals surface area contributed by atoms with Crippen molar-refractivity contribution in [2.75, 3.05) is 0 Å². The van der Waals surface area contributed by atoms with Crippen LogP contribution in [-0.4, -0.2) is 74.8 Å². The summed E-state index contributed by atoms with van der Waals surface area (Å²) in [5.74, 6) is 0. The van der Waals surface area contributed by atoms with E-state index in [-0.39, 0.29) is 58.7 Å². The average Bonchev–Trinajstić information content (AvgIpc) is 3.17. The van der Waals surface area contributed by atoms with Crippen molar-refractivity contribution in [1.29, 1.82) is 0 Å². The SMILES string of the molecule is CCCCCCCc1ccc(CCCCCCC)c2c(S(=O)(=O)[O-])cccc12.CCCCCCCc1ccc(CCCCCCC)c2c(S(=O)(=O)[O-])cccc12.[Ba+2]. The topological polar surface area (TPSA) is 114 Å². The second kappa shape index (κ2) is 28.3. The molecule has 0 heterocycles. The van der Waals surface area contributed by atoms with Crippen LogP contribution in [0.1, 0.15) is 178 Å². The zero-order valence-corrected chi connectivity index (χ0v) is 41.8. The number of fused-ring (bicyclic) bond motifs is 2. The molecule has 4 rings (SSSR count). The number of hydrogen-bond acceptors (Lipinski definition) is 6. The van der Waals surface area contributed by atoms with E-state index in [0.29, 0.717) is 10.8 Å². The molecule has 0 aliphatic heterocycles. The molecule has 0 aromatic heterocycles. The van der Waals surface area contributed by atoms with Gasteiger partial charge >= 0.3 is 48.9 Å². The largest absolute Gasteiger partial charge is 2.00 e. The molecule has 57 heavy (non-hydrogen) atoms. The summed E-state index contributed by atoms with van der Waals surface area (Å²) in [6.45, 7) is 8.80. The van der Waals surface area contributed by atoms with E-state index >= 15 is 0 Å². The van der Waals surface area contributed by atoms with Gasteiger partial charge in [0.25, 0.3) is 0 Å². The second-order valence-corrected chi connectivity index (χ2v) is 18.4. The van der Waals surface area contributed by atoms with Crippen molar-refractivity contribution in [3.05, 3.63) is 82.9 Å². The van der Waals surface area contributed by atoms with E-state index in [4.69, 9.17) is 0 Å². The third-order valence-electron chi connectivity index (χ3n) is 11.1. The standard InChI is InChI=1S/2C24H36O3S.Ba/c2*1-3-5-7-9-11-14-20-18-19-21(15-12-10-8-6-4-2)24-22(20)16-13-17-23(24)28(25,26)27;/h2*13,16-19H,3-12,14-15H2,1-2H3,(H,25,26,27);/q;;+2/p-2. The molecular weight excluding hydrogens is 874 g/mol. The molecule has 312 valence electrons. The van der Waals surface area contributed by atoms with Gasteiger partial charge in [-0.15, -0.1) is 0 Å². The molecule has 0 unspecified atom stereocenters. The molecule has 0 N–H and O–H groups in total. The van der Waals surface area contributed by atoms with E-state index in [1.165, 1.54) is 102 Å². The van der Waals surface area contributed by atoms with Gasteiger partial charge in [0.2, 0.25) is 0 Å². The maximum Gasteiger partial charge on any atom is 2.00 e. The molecule has 6 nitrogen and oxygen atoms in total. The summed E-state index contributed by atoms with van der Waals surface area (Å²) in [6.07, 6.45) is 27.1. The van der Waals surface area contributed by atoms with Crippen LogP contribution >= 0.6 is 0 Å². The van der Waals surface area contributed by atoms with Crippen molar-refractivity contribution in [3.8, 4) is 0 Å². The molecule has 0 bridgehead atoms. The van der Waals surface area contributed by atoms with Gasteiger partial charge in [-0.3, -0.25) is 0 Å². The van der Waals surface area contributed by atoms with Gasteiger partial charge < -0.3 is 9.11 Å². The first-order chi connectivity index (χ1) is 27.0. The van der Waals surface area contributed by atoms with Crippen molar-refractivity contribution < 1.29 is 25.9 Å². The summed E-state index contributed by atoms with van der Waals surface area (Å²) in [5.41, 5.74) is 4.31. The van der Waals surface area contributed by atoms with Crippen LogP contribution in [0, 0.1) is 0 Å². The Hall–Kier alpha value is -1.21. The van der Waals surface area contributed by atoms with Crippen LogP contribution in [0.25, 0.3) is 21.5 Å². The fourth-order valence-electron chi connectivity index (χ4n) is 7.95. The number of benzene rings is 4. The van der Waals surface area contributed by atoms with Crippen LogP contribution in [0.4, 0.5) is 0 Å². The van der Waals surface area contributed by atoms with Gasteiger partial charge in [0.15, 0.2) is 0 Å². The van der Waals surface area contributed by atoms with Crippen LogP contribution in [0.5, 0.6) is 0 Å². The van der Waals surface area contributed by atoms with E-state index in [9.17, 15) is 25.9 Å². The Bertz CT molecular complexity index is 1830. The molecule has 0 spiro atoms. The molecule has 0 aliphatic rings. The molecule has 4 aromatic carbocycles. The maximum atomic E-state index is 11.9. The minimum Gasteiger partial charge on any atom is -0.744 e. The Balaban J connectivity index is 0.000000387. The average molecular weight is 945 g/mol. The smallest absolute Gasteiger partial charge is 0.744 e. The summed E-state index contributed by atoms with van der Waals surface area (Å²) < 4.78 is 71.4. The quantitative estimate of drug-likeness (QED) is 0.0352. The summed E-state index contributed by atoms with van der Waals surface area (Å²) in [7, 11) is -8.98. The van der Waals surface area contributed by atoms with Crippen LogP contribution < -0.4 is 0 Å². The Kier molecular flexibility index (Phi) is 25.8. The van der Waals surface area contributed by atoms with Crippen molar-refractivity contribution >= 4 is 90.7 Å². The van der Waals surface area contributed by atoms with Gasteiger partial charge in [-0.25, -0.2) is 16.8 Å². The Morgan fingerprint density at radius 1 is 0.368 bits per heavy atom. The van der Waals surface area contributed by atoms with Crippen molar-refractivity contribution in [2.45, 2.75) is 192 Å². The van der Waals surface area contributed by atoms with E-state index in [1.54, 1.807) is 12.1 Å². The van der Waals surface area contributed by atoms with Crippen LogP contribution in [0.2, 0.25) is 0 Å². The van der Waals surface area contributed by atoms with Crippen LogP contribution in [-0.2, 0) is 45.9 Å². The van der Waals surface area contributed by atoms with Crippen LogP contribution in [0.15, 0.2) is 70.5 Å². The van der Waals surface area contributed by atoms with Crippen molar-refractivity contribution in [2.24, 2.45) is 0 Å². The number of unbranched alkanes of at least 4 members (excludes halogenated alkanes) is 16. The first-order valence-corrected chi connectivity index (χ1v) is 24.8. The normalized spacial score (nSPS) is 11.8. The zero-order valence-electron chi connectivity index (χ0n) is 35.7. The monoisotopic (exact) mass is 944 g/mol. The fraction of sp³-hybridized carbons (Fsp3) is 0.583.